The third kappa shape index (κ3) is 3.97. The first-order valence-electron chi connectivity index (χ1n) is 7.52. The van der Waals surface area contributed by atoms with Crippen LogP contribution >= 0.6 is 11.6 Å². The molecule has 25 heavy (non-hydrogen) atoms. The Morgan fingerprint density at radius 1 is 1.24 bits per heavy atom. The van der Waals surface area contributed by atoms with Gasteiger partial charge in [0.05, 0.1) is 29.1 Å². The number of ether oxygens (including phenoxy) is 2. The standard InChI is InChI=1S/C18H14ClFN2O3/c1-2-24-18(23)12-10-21-22(11-12)14-4-6-15(7-5-14)25-17-9-13(20)3-8-16(17)19/h3-11H,2H2,1H3. The monoisotopic (exact) mass is 360 g/mol. The number of benzene rings is 2. The third-order valence-corrected chi connectivity index (χ3v) is 3.63. The van der Waals surface area contributed by atoms with Crippen molar-refractivity contribution >= 4 is 17.6 Å². The van der Waals surface area contributed by atoms with E-state index in [0.29, 0.717) is 22.9 Å². The van der Waals surface area contributed by atoms with Crippen LogP contribution in [0.1, 0.15) is 17.3 Å². The van der Waals surface area contributed by atoms with Crippen LogP contribution in [-0.4, -0.2) is 22.4 Å². The van der Waals surface area contributed by atoms with Crippen LogP contribution in [-0.2, 0) is 4.74 Å². The van der Waals surface area contributed by atoms with Gasteiger partial charge >= 0.3 is 5.97 Å². The number of hydrogen-bond donors (Lipinski definition) is 0. The molecule has 0 bridgehead atoms. The molecule has 0 aliphatic carbocycles. The lowest BCUT2D eigenvalue weighted by molar-refractivity contribution is 0.0526. The molecule has 0 atom stereocenters. The van der Waals surface area contributed by atoms with E-state index in [4.69, 9.17) is 21.1 Å². The predicted octanol–water partition coefficient (Wildman–Crippen LogP) is 4.63. The summed E-state index contributed by atoms with van der Waals surface area (Å²) in [4.78, 5) is 11.7. The maximum absolute atomic E-state index is 13.3. The number of halogens is 2. The number of carbonyl (C=O) groups excluding carboxylic acids is 1. The van der Waals surface area contributed by atoms with Gasteiger partial charge in [-0.2, -0.15) is 5.10 Å². The van der Waals surface area contributed by atoms with Crippen LogP contribution in [0, 0.1) is 5.82 Å². The maximum atomic E-state index is 13.3. The van der Waals surface area contributed by atoms with Crippen LogP contribution in [0.4, 0.5) is 4.39 Å². The van der Waals surface area contributed by atoms with Crippen LogP contribution < -0.4 is 4.74 Å². The summed E-state index contributed by atoms with van der Waals surface area (Å²) in [5, 5.41) is 4.45. The van der Waals surface area contributed by atoms with Gasteiger partial charge in [-0.15, -0.1) is 0 Å². The van der Waals surface area contributed by atoms with Gasteiger partial charge in [-0.3, -0.25) is 0 Å². The third-order valence-electron chi connectivity index (χ3n) is 3.32. The van der Waals surface area contributed by atoms with Crippen molar-refractivity contribution in [2.24, 2.45) is 0 Å². The van der Waals surface area contributed by atoms with Gasteiger partial charge in [0.15, 0.2) is 0 Å². The zero-order valence-electron chi connectivity index (χ0n) is 13.3. The Bertz CT molecular complexity index is 894. The molecule has 0 aliphatic heterocycles. The van der Waals surface area contributed by atoms with E-state index in [1.54, 1.807) is 42.1 Å². The molecule has 0 N–H and O–H groups in total. The molecule has 5 nitrogen and oxygen atoms in total. The first-order chi connectivity index (χ1) is 12.1. The molecule has 0 radical (unpaired) electrons. The average molecular weight is 361 g/mol. The van der Waals surface area contributed by atoms with Gasteiger partial charge in [-0.05, 0) is 43.3 Å². The molecule has 1 heterocycles. The Morgan fingerprint density at radius 2 is 2.00 bits per heavy atom. The smallest absolute Gasteiger partial charge is 0.341 e. The minimum atomic E-state index is -0.431. The summed E-state index contributed by atoms with van der Waals surface area (Å²) in [6.45, 7) is 2.05. The maximum Gasteiger partial charge on any atom is 0.341 e. The van der Waals surface area contributed by atoms with Crippen molar-refractivity contribution in [2.75, 3.05) is 6.61 Å². The van der Waals surface area contributed by atoms with Crippen LogP contribution in [0.2, 0.25) is 5.02 Å². The first kappa shape index (κ1) is 17.0. The molecule has 0 spiro atoms. The van der Waals surface area contributed by atoms with Gasteiger partial charge in [0, 0.05) is 12.3 Å². The molecule has 3 rings (SSSR count). The number of esters is 1. The summed E-state index contributed by atoms with van der Waals surface area (Å²) in [6.07, 6.45) is 3.02. The second-order valence-electron chi connectivity index (χ2n) is 5.06. The lowest BCUT2D eigenvalue weighted by Crippen LogP contribution is -2.03. The Morgan fingerprint density at radius 3 is 2.72 bits per heavy atom. The molecule has 0 amide bonds. The molecule has 0 aliphatic rings. The zero-order chi connectivity index (χ0) is 17.8. The van der Waals surface area contributed by atoms with Crippen LogP contribution in [0.15, 0.2) is 54.9 Å². The van der Waals surface area contributed by atoms with E-state index in [0.717, 1.165) is 5.69 Å². The summed E-state index contributed by atoms with van der Waals surface area (Å²) < 4.78 is 25.3. The highest BCUT2D eigenvalue weighted by Crippen LogP contribution is 2.30. The molecule has 3 aromatic rings. The normalized spacial score (nSPS) is 10.5. The number of hydrogen-bond acceptors (Lipinski definition) is 4. The van der Waals surface area contributed by atoms with E-state index in [9.17, 15) is 9.18 Å². The molecule has 7 heteroatoms. The molecule has 1 aromatic heterocycles. The quantitative estimate of drug-likeness (QED) is 0.622. The summed E-state index contributed by atoms with van der Waals surface area (Å²) >= 11 is 5.98. The second kappa shape index (κ2) is 7.36. The lowest BCUT2D eigenvalue weighted by Gasteiger charge is -2.08. The van der Waals surface area contributed by atoms with E-state index >= 15 is 0 Å². The highest BCUT2D eigenvalue weighted by molar-refractivity contribution is 6.32. The Balaban J connectivity index is 1.76. The van der Waals surface area contributed by atoms with E-state index in [2.05, 4.69) is 5.10 Å². The molecule has 128 valence electrons. The highest BCUT2D eigenvalue weighted by atomic mass is 35.5. The SMILES string of the molecule is CCOC(=O)c1cnn(-c2ccc(Oc3cc(F)ccc3Cl)cc2)c1. The van der Waals surface area contributed by atoms with E-state index in [-0.39, 0.29) is 5.75 Å². The van der Waals surface area contributed by atoms with E-state index in [1.807, 2.05) is 0 Å². The van der Waals surface area contributed by atoms with Crippen molar-refractivity contribution in [1.29, 1.82) is 0 Å². The van der Waals surface area contributed by atoms with Gasteiger partial charge in [0.25, 0.3) is 0 Å². The van der Waals surface area contributed by atoms with Crippen molar-refractivity contribution in [2.45, 2.75) is 6.92 Å². The number of carbonyl (C=O) groups is 1. The fraction of sp³-hybridized carbons (Fsp3) is 0.111. The topological polar surface area (TPSA) is 53.3 Å². The zero-order valence-corrected chi connectivity index (χ0v) is 14.0. The van der Waals surface area contributed by atoms with Crippen LogP contribution in [0.25, 0.3) is 5.69 Å². The predicted molar refractivity (Wildman–Crippen MR) is 91.0 cm³/mol. The molecule has 2 aromatic carbocycles. The van der Waals surface area contributed by atoms with Crippen LogP contribution in [0.5, 0.6) is 11.5 Å². The van der Waals surface area contributed by atoms with E-state index < -0.39 is 11.8 Å². The fourth-order valence-corrected chi connectivity index (χ4v) is 2.29. The molecular formula is C18H14ClFN2O3. The first-order valence-corrected chi connectivity index (χ1v) is 7.89. The molecular weight excluding hydrogens is 347 g/mol. The van der Waals surface area contributed by atoms with Crippen molar-refractivity contribution < 1.29 is 18.7 Å². The summed E-state index contributed by atoms with van der Waals surface area (Å²) in [6, 6.07) is 10.8. The van der Waals surface area contributed by atoms with Crippen molar-refractivity contribution in [3.63, 3.8) is 0 Å². The number of rotatable bonds is 5. The highest BCUT2D eigenvalue weighted by Gasteiger charge is 2.10. The molecule has 0 fully saturated rings. The second-order valence-corrected chi connectivity index (χ2v) is 5.47. The Labute approximate surface area is 148 Å². The minimum Gasteiger partial charge on any atom is -0.462 e. The Hall–Kier alpha value is -2.86. The van der Waals surface area contributed by atoms with Gasteiger partial charge < -0.3 is 9.47 Å². The molecule has 0 saturated heterocycles. The minimum absolute atomic E-state index is 0.234. The largest absolute Gasteiger partial charge is 0.462 e. The van der Waals surface area contributed by atoms with Gasteiger partial charge in [0.1, 0.15) is 17.3 Å². The van der Waals surface area contributed by atoms with Gasteiger partial charge in [-0.25, -0.2) is 13.9 Å². The Kier molecular flexibility index (Phi) is 5.00. The fourth-order valence-electron chi connectivity index (χ4n) is 2.13. The van der Waals surface area contributed by atoms with Crippen molar-refractivity contribution in [1.82, 2.24) is 9.78 Å². The van der Waals surface area contributed by atoms with Crippen molar-refractivity contribution in [3.8, 4) is 17.2 Å². The van der Waals surface area contributed by atoms with Crippen LogP contribution in [0.3, 0.4) is 0 Å². The number of aromatic nitrogens is 2. The summed E-state index contributed by atoms with van der Waals surface area (Å²) in [5.74, 6) is -0.124. The van der Waals surface area contributed by atoms with Crippen molar-refractivity contribution in [3.05, 3.63) is 71.3 Å². The molecule has 0 unspecified atom stereocenters. The summed E-state index contributed by atoms with van der Waals surface area (Å²) in [5.41, 5.74) is 1.10. The average Bonchev–Trinajstić information content (AvgIpc) is 3.09. The van der Waals surface area contributed by atoms with E-state index in [1.165, 1.54) is 24.4 Å². The number of nitrogens with zero attached hydrogens (tertiary/aromatic N) is 2. The van der Waals surface area contributed by atoms with Gasteiger partial charge in [0.2, 0.25) is 0 Å². The molecule has 0 saturated carbocycles. The lowest BCUT2D eigenvalue weighted by atomic mass is 10.3. The summed E-state index contributed by atoms with van der Waals surface area (Å²) in [7, 11) is 0. The van der Waals surface area contributed by atoms with Gasteiger partial charge in [-0.1, -0.05) is 11.6 Å².